The van der Waals surface area contributed by atoms with Gasteiger partial charge < -0.3 is 0 Å². The minimum Gasteiger partial charge on any atom is -0.120 e. The summed E-state index contributed by atoms with van der Waals surface area (Å²) in [5.74, 6) is 11.5. The monoisotopic (exact) mass is 1020 g/mol. The maximum Gasteiger partial charge on any atom is 0.112 e. The van der Waals surface area contributed by atoms with Crippen molar-refractivity contribution in [2.24, 2.45) is 59.2 Å². The van der Waals surface area contributed by atoms with Gasteiger partial charge in [0.1, 0.15) is 4.33 Å². The molecular formula is C64H116Cl4. The van der Waals surface area contributed by atoms with Crippen LogP contribution in [0, 0.1) is 59.2 Å². The second kappa shape index (κ2) is 36.3. The molecule has 0 bridgehead atoms. The lowest BCUT2D eigenvalue weighted by atomic mass is 9.74. The first-order valence-electron chi connectivity index (χ1n) is 29.6. The van der Waals surface area contributed by atoms with Crippen molar-refractivity contribution in [1.82, 2.24) is 0 Å². The van der Waals surface area contributed by atoms with Crippen LogP contribution in [0.15, 0.2) is 36.4 Å². The SMILES string of the molecule is C.C1CCC(CCC2CCC3CCCCC32)C1.C1CCC2C(C1)CCC2CCC1CCC2CCCCC21.C1CCCC1.C1CCCC1.CC(C)(C)Cl.CC(C)(C)Cl.CC(C)(Cl)Cl.c1ccccc1. The van der Waals surface area contributed by atoms with Gasteiger partial charge in [0.25, 0.3) is 0 Å². The molecule has 0 aromatic heterocycles. The molecule has 0 radical (unpaired) electrons. The molecule has 9 fully saturated rings. The van der Waals surface area contributed by atoms with Crippen LogP contribution in [-0.4, -0.2) is 14.1 Å². The number of fused-ring (bicyclic) bond motifs is 3. The Morgan fingerprint density at radius 2 is 0.500 bits per heavy atom. The molecule has 9 unspecified atom stereocenters. The molecule has 10 rings (SSSR count). The average molecular weight is 1030 g/mol. The normalized spacial score (nSPS) is 30.4. The third kappa shape index (κ3) is 32.5. The second-order valence-electron chi connectivity index (χ2n) is 25.6. The van der Waals surface area contributed by atoms with E-state index in [0.717, 1.165) is 59.2 Å². The number of halogens is 4. The molecular weight excluding hydrogens is 911 g/mol. The third-order valence-corrected chi connectivity index (χ3v) is 16.9. The smallest absolute Gasteiger partial charge is 0.112 e. The fourth-order valence-electron chi connectivity index (χ4n) is 14.0. The van der Waals surface area contributed by atoms with Crippen molar-refractivity contribution in [1.29, 1.82) is 0 Å². The van der Waals surface area contributed by atoms with Gasteiger partial charge in [0, 0.05) is 9.75 Å². The minimum atomic E-state index is -0.556. The summed E-state index contributed by atoms with van der Waals surface area (Å²) in [6.45, 7) is 15.2. The van der Waals surface area contributed by atoms with Gasteiger partial charge in [0.05, 0.1) is 0 Å². The van der Waals surface area contributed by atoms with Gasteiger partial charge in [0.2, 0.25) is 0 Å². The van der Waals surface area contributed by atoms with Crippen LogP contribution in [0.2, 0.25) is 0 Å². The van der Waals surface area contributed by atoms with E-state index in [1.165, 1.54) is 83.5 Å². The van der Waals surface area contributed by atoms with Crippen molar-refractivity contribution in [3.63, 3.8) is 0 Å². The van der Waals surface area contributed by atoms with Gasteiger partial charge in [-0.3, -0.25) is 0 Å². The van der Waals surface area contributed by atoms with E-state index < -0.39 is 4.33 Å². The summed E-state index contributed by atoms with van der Waals surface area (Å²) < 4.78 is -0.556. The maximum atomic E-state index is 5.53. The quantitative estimate of drug-likeness (QED) is 0.249. The van der Waals surface area contributed by atoms with Crippen molar-refractivity contribution in [2.75, 3.05) is 0 Å². The Labute approximate surface area is 447 Å². The summed E-state index contributed by atoms with van der Waals surface area (Å²) in [5.41, 5.74) is 0. The molecule has 9 aliphatic rings. The lowest BCUT2D eigenvalue weighted by Gasteiger charge is -2.32. The largest absolute Gasteiger partial charge is 0.120 e. The number of rotatable bonds is 6. The highest BCUT2D eigenvalue weighted by atomic mass is 35.5. The summed E-state index contributed by atoms with van der Waals surface area (Å²) in [5, 5.41) is 0. The first-order chi connectivity index (χ1) is 31.8. The van der Waals surface area contributed by atoms with E-state index in [0.29, 0.717) is 0 Å². The molecule has 0 saturated heterocycles. The molecule has 0 heterocycles. The van der Waals surface area contributed by atoms with Gasteiger partial charge >= 0.3 is 0 Å². The number of hydrogen-bond acceptors (Lipinski definition) is 0. The number of benzene rings is 1. The van der Waals surface area contributed by atoms with E-state index in [9.17, 15) is 0 Å². The van der Waals surface area contributed by atoms with Crippen LogP contribution in [0.3, 0.4) is 0 Å². The van der Waals surface area contributed by atoms with Gasteiger partial charge in [-0.1, -0.05) is 198 Å². The van der Waals surface area contributed by atoms with E-state index in [-0.39, 0.29) is 17.2 Å². The fourth-order valence-corrected chi connectivity index (χ4v) is 14.0. The molecule has 1 aromatic carbocycles. The maximum absolute atomic E-state index is 5.53. The standard InChI is InChI=1S/C20H34.C16H28.C6H6.2C5H10.2C4H9Cl.C3H6Cl2.CH4/c1-3-7-19-15(5-1)9-11-17(19)13-14-18-12-10-16-6-2-4-8-20(16)18;1-2-6-13(5-1)9-10-15-12-11-14-7-3-4-8-16(14)15;1-2-4-6-5-3-1;2*1-2-4-5-3-1;2*1-4(2,3)5;1-3(2,4)5;/h15-20H,1-14H2;13-16H,1-12H2;1-6H;2*1-5H2;2*1-3H3;1-2H3;1H4. The molecule has 0 spiro atoms. The van der Waals surface area contributed by atoms with Crippen LogP contribution in [0.25, 0.3) is 0 Å². The Morgan fingerprint density at radius 1 is 0.294 bits per heavy atom. The van der Waals surface area contributed by atoms with Crippen molar-refractivity contribution in [3.05, 3.63) is 36.4 Å². The molecule has 0 amide bonds. The van der Waals surface area contributed by atoms with Gasteiger partial charge in [-0.25, -0.2) is 0 Å². The second-order valence-corrected chi connectivity index (χ2v) is 29.9. The van der Waals surface area contributed by atoms with Gasteiger partial charge in [0.15, 0.2) is 0 Å². The van der Waals surface area contributed by atoms with Crippen molar-refractivity contribution in [3.8, 4) is 0 Å². The van der Waals surface area contributed by atoms with E-state index in [2.05, 4.69) is 0 Å². The molecule has 400 valence electrons. The summed E-state index contributed by atoms with van der Waals surface area (Å²) in [7, 11) is 0. The van der Waals surface area contributed by atoms with Gasteiger partial charge in [-0.05, 0) is 192 Å². The average Bonchev–Trinajstić information content (AvgIpc) is 4.15. The number of alkyl halides is 4. The Morgan fingerprint density at radius 3 is 0.750 bits per heavy atom. The van der Waals surface area contributed by atoms with E-state index >= 15 is 0 Å². The van der Waals surface area contributed by atoms with Crippen LogP contribution in [-0.2, 0) is 0 Å². The highest BCUT2D eigenvalue weighted by Crippen LogP contribution is 2.52. The lowest BCUT2D eigenvalue weighted by molar-refractivity contribution is 0.187. The Balaban J connectivity index is 0.000000292. The van der Waals surface area contributed by atoms with Crippen molar-refractivity contribution >= 4 is 46.4 Å². The molecule has 1 aromatic rings. The zero-order valence-electron chi connectivity index (χ0n) is 45.7. The topological polar surface area (TPSA) is 0 Å². The van der Waals surface area contributed by atoms with Crippen LogP contribution in [0.1, 0.15) is 294 Å². The molecule has 4 heteroatoms. The molecule has 0 N–H and O–H groups in total. The zero-order chi connectivity index (χ0) is 49.0. The van der Waals surface area contributed by atoms with Crippen molar-refractivity contribution < 1.29 is 0 Å². The minimum absolute atomic E-state index is 0. The summed E-state index contributed by atoms with van der Waals surface area (Å²) in [4.78, 5) is -0.0556. The molecule has 68 heavy (non-hydrogen) atoms. The zero-order valence-corrected chi connectivity index (χ0v) is 48.7. The summed E-state index contributed by atoms with van der Waals surface area (Å²) >= 11 is 21.7. The van der Waals surface area contributed by atoms with Gasteiger partial charge in [-0.2, -0.15) is 0 Å². The lowest BCUT2D eigenvalue weighted by Crippen LogP contribution is -2.22. The Hall–Kier alpha value is 0.380. The molecule has 0 aliphatic heterocycles. The Kier molecular flexibility index (Phi) is 34.5. The summed E-state index contributed by atoms with van der Waals surface area (Å²) in [6.07, 6.45) is 55.8. The van der Waals surface area contributed by atoms with Crippen LogP contribution < -0.4 is 0 Å². The molecule has 9 aliphatic carbocycles. The summed E-state index contributed by atoms with van der Waals surface area (Å²) in [6, 6.07) is 12.0. The van der Waals surface area contributed by atoms with E-state index in [1.807, 2.05) is 77.9 Å². The molecule has 9 atom stereocenters. The highest BCUT2D eigenvalue weighted by molar-refractivity contribution is 6.47. The van der Waals surface area contributed by atoms with Crippen LogP contribution >= 0.6 is 46.4 Å². The van der Waals surface area contributed by atoms with Gasteiger partial charge in [-0.15, -0.1) is 46.4 Å². The molecule has 0 nitrogen and oxygen atoms in total. The predicted octanol–water partition coefficient (Wildman–Crippen LogP) is 23.8. The fraction of sp³-hybridized carbons (Fsp3) is 0.906. The highest BCUT2D eigenvalue weighted by Gasteiger charge is 2.41. The third-order valence-electron chi connectivity index (χ3n) is 16.9. The first kappa shape index (κ1) is 64.5. The van der Waals surface area contributed by atoms with E-state index in [1.54, 1.807) is 162 Å². The Bertz CT molecular complexity index is 1150. The van der Waals surface area contributed by atoms with Crippen molar-refractivity contribution in [2.45, 2.75) is 308 Å². The van der Waals surface area contributed by atoms with Crippen LogP contribution in [0.5, 0.6) is 0 Å². The predicted molar refractivity (Wildman–Crippen MR) is 311 cm³/mol. The number of hydrogen-bond donors (Lipinski definition) is 0. The first-order valence-corrected chi connectivity index (χ1v) is 31.1. The molecule has 9 saturated carbocycles. The van der Waals surface area contributed by atoms with E-state index in [4.69, 9.17) is 46.4 Å². The van der Waals surface area contributed by atoms with Crippen LogP contribution in [0.4, 0.5) is 0 Å².